The number of methoxy groups -OCH3 is 1. The van der Waals surface area contributed by atoms with Crippen LogP contribution in [-0.2, 0) is 6.42 Å². The second kappa shape index (κ2) is 6.15. The van der Waals surface area contributed by atoms with E-state index in [1.54, 1.807) is 7.11 Å². The third kappa shape index (κ3) is 3.15. The standard InChI is InChI=1S/C17H27NO2/c1-13-7-8-15(20-4)14(11-13)12-16(19)17(2,3)18-9-5-6-10-18/h7-8,11,16,19H,5-6,9-10,12H2,1-4H3. The lowest BCUT2D eigenvalue weighted by Crippen LogP contribution is -2.51. The Labute approximate surface area is 122 Å². The van der Waals surface area contributed by atoms with Crippen molar-refractivity contribution in [1.82, 2.24) is 4.90 Å². The molecule has 1 saturated heterocycles. The third-order valence-corrected chi connectivity index (χ3v) is 4.59. The summed E-state index contributed by atoms with van der Waals surface area (Å²) in [4.78, 5) is 2.40. The minimum Gasteiger partial charge on any atom is -0.496 e. The van der Waals surface area contributed by atoms with Crippen LogP contribution in [0.15, 0.2) is 18.2 Å². The van der Waals surface area contributed by atoms with Crippen molar-refractivity contribution in [3.8, 4) is 5.75 Å². The molecule has 1 aliphatic heterocycles. The van der Waals surface area contributed by atoms with Gasteiger partial charge in [0, 0.05) is 12.0 Å². The van der Waals surface area contributed by atoms with Gasteiger partial charge in [0.05, 0.1) is 13.2 Å². The molecule has 0 aromatic heterocycles. The summed E-state index contributed by atoms with van der Waals surface area (Å²) in [6, 6.07) is 6.14. The van der Waals surface area contributed by atoms with Crippen molar-refractivity contribution in [3.05, 3.63) is 29.3 Å². The number of aliphatic hydroxyl groups excluding tert-OH is 1. The van der Waals surface area contributed by atoms with E-state index in [0.717, 1.165) is 24.4 Å². The van der Waals surface area contributed by atoms with E-state index in [1.807, 2.05) is 12.1 Å². The molecule has 0 spiro atoms. The topological polar surface area (TPSA) is 32.7 Å². The Balaban J connectivity index is 2.14. The number of aryl methyl sites for hydroxylation is 1. The van der Waals surface area contributed by atoms with E-state index in [-0.39, 0.29) is 5.54 Å². The molecule has 1 unspecified atom stereocenters. The summed E-state index contributed by atoms with van der Waals surface area (Å²) in [6.45, 7) is 8.54. The van der Waals surface area contributed by atoms with Gasteiger partial charge in [0.25, 0.3) is 0 Å². The van der Waals surface area contributed by atoms with E-state index < -0.39 is 6.10 Å². The summed E-state index contributed by atoms with van der Waals surface area (Å²) < 4.78 is 5.41. The molecule has 1 aromatic carbocycles. The van der Waals surface area contributed by atoms with Crippen molar-refractivity contribution in [3.63, 3.8) is 0 Å². The molecule has 1 atom stereocenters. The molecule has 0 radical (unpaired) electrons. The lowest BCUT2D eigenvalue weighted by Gasteiger charge is -2.39. The predicted molar refractivity (Wildman–Crippen MR) is 82.3 cm³/mol. The van der Waals surface area contributed by atoms with Crippen LogP contribution in [-0.4, -0.2) is 41.8 Å². The quantitative estimate of drug-likeness (QED) is 0.898. The average Bonchev–Trinajstić information content (AvgIpc) is 2.93. The first-order valence-corrected chi connectivity index (χ1v) is 7.52. The van der Waals surface area contributed by atoms with Gasteiger partial charge in [0.2, 0.25) is 0 Å². The van der Waals surface area contributed by atoms with Gasteiger partial charge in [-0.25, -0.2) is 0 Å². The fraction of sp³-hybridized carbons (Fsp3) is 0.647. The first-order chi connectivity index (χ1) is 9.45. The van der Waals surface area contributed by atoms with Gasteiger partial charge >= 0.3 is 0 Å². The zero-order valence-electron chi connectivity index (χ0n) is 13.1. The van der Waals surface area contributed by atoms with Crippen LogP contribution in [0.4, 0.5) is 0 Å². The van der Waals surface area contributed by atoms with Gasteiger partial charge < -0.3 is 9.84 Å². The van der Waals surface area contributed by atoms with Crippen LogP contribution in [0.2, 0.25) is 0 Å². The fourth-order valence-corrected chi connectivity index (χ4v) is 3.03. The largest absolute Gasteiger partial charge is 0.496 e. The maximum absolute atomic E-state index is 10.7. The molecular weight excluding hydrogens is 250 g/mol. The van der Waals surface area contributed by atoms with Crippen molar-refractivity contribution < 1.29 is 9.84 Å². The molecule has 2 rings (SSSR count). The number of nitrogens with zero attached hydrogens (tertiary/aromatic N) is 1. The van der Waals surface area contributed by atoms with Crippen molar-refractivity contribution in [2.75, 3.05) is 20.2 Å². The molecule has 0 amide bonds. The van der Waals surface area contributed by atoms with E-state index in [0.29, 0.717) is 6.42 Å². The van der Waals surface area contributed by atoms with Crippen LogP contribution >= 0.6 is 0 Å². The highest BCUT2D eigenvalue weighted by Gasteiger charge is 2.36. The van der Waals surface area contributed by atoms with Crippen molar-refractivity contribution in [1.29, 1.82) is 0 Å². The highest BCUT2D eigenvalue weighted by molar-refractivity contribution is 5.37. The minimum atomic E-state index is -0.392. The van der Waals surface area contributed by atoms with Gasteiger partial charge in [0.1, 0.15) is 5.75 Å². The highest BCUT2D eigenvalue weighted by Crippen LogP contribution is 2.29. The molecule has 1 fully saturated rings. The Morgan fingerprint density at radius 1 is 1.30 bits per heavy atom. The summed E-state index contributed by atoms with van der Waals surface area (Å²) in [7, 11) is 1.69. The van der Waals surface area contributed by atoms with E-state index in [9.17, 15) is 5.11 Å². The van der Waals surface area contributed by atoms with Gasteiger partial charge in [-0.2, -0.15) is 0 Å². The monoisotopic (exact) mass is 277 g/mol. The molecule has 112 valence electrons. The number of rotatable bonds is 5. The number of likely N-dealkylation sites (tertiary alicyclic amines) is 1. The molecule has 3 heteroatoms. The maximum atomic E-state index is 10.7. The van der Waals surface area contributed by atoms with E-state index in [4.69, 9.17) is 4.74 Å². The van der Waals surface area contributed by atoms with Crippen LogP contribution in [0.5, 0.6) is 5.75 Å². The SMILES string of the molecule is COc1ccc(C)cc1CC(O)C(C)(C)N1CCCC1. The van der Waals surface area contributed by atoms with Gasteiger partial charge in [-0.15, -0.1) is 0 Å². The second-order valence-corrected chi connectivity index (χ2v) is 6.38. The molecule has 0 saturated carbocycles. The van der Waals surface area contributed by atoms with E-state index >= 15 is 0 Å². The number of aliphatic hydroxyl groups is 1. The first-order valence-electron chi connectivity index (χ1n) is 7.52. The van der Waals surface area contributed by atoms with Gasteiger partial charge in [-0.3, -0.25) is 4.90 Å². The Morgan fingerprint density at radius 2 is 1.95 bits per heavy atom. The lowest BCUT2D eigenvalue weighted by molar-refractivity contribution is 0.00310. The van der Waals surface area contributed by atoms with Crippen LogP contribution in [0.1, 0.15) is 37.8 Å². The van der Waals surface area contributed by atoms with Crippen molar-refractivity contribution >= 4 is 0 Å². The molecule has 1 heterocycles. The summed E-state index contributed by atoms with van der Waals surface area (Å²) in [5.41, 5.74) is 2.10. The summed E-state index contributed by atoms with van der Waals surface area (Å²) in [6.07, 6.45) is 2.72. The Hall–Kier alpha value is -1.06. The van der Waals surface area contributed by atoms with Crippen molar-refractivity contribution in [2.45, 2.75) is 51.7 Å². The number of hydrogen-bond acceptors (Lipinski definition) is 3. The summed E-state index contributed by atoms with van der Waals surface area (Å²) in [5.74, 6) is 0.867. The Kier molecular flexibility index (Phi) is 4.71. The number of hydrogen-bond donors (Lipinski definition) is 1. The van der Waals surface area contributed by atoms with Gasteiger partial charge in [0.15, 0.2) is 0 Å². The normalized spacial score (nSPS) is 18.2. The van der Waals surface area contributed by atoms with Crippen LogP contribution in [0.3, 0.4) is 0 Å². The maximum Gasteiger partial charge on any atom is 0.122 e. The smallest absolute Gasteiger partial charge is 0.122 e. The molecule has 1 aliphatic rings. The zero-order chi connectivity index (χ0) is 14.8. The molecular formula is C17H27NO2. The van der Waals surface area contributed by atoms with Crippen LogP contribution in [0.25, 0.3) is 0 Å². The van der Waals surface area contributed by atoms with Crippen LogP contribution in [0, 0.1) is 6.92 Å². The molecule has 0 aliphatic carbocycles. The molecule has 1 N–H and O–H groups in total. The molecule has 0 bridgehead atoms. The van der Waals surface area contributed by atoms with Gasteiger partial charge in [-0.1, -0.05) is 17.7 Å². The number of ether oxygens (including phenoxy) is 1. The summed E-state index contributed by atoms with van der Waals surface area (Å²) in [5, 5.41) is 10.7. The van der Waals surface area contributed by atoms with Gasteiger partial charge in [-0.05, 0) is 58.3 Å². The first kappa shape index (κ1) is 15.3. The Morgan fingerprint density at radius 3 is 2.55 bits per heavy atom. The highest BCUT2D eigenvalue weighted by atomic mass is 16.5. The minimum absolute atomic E-state index is 0.189. The second-order valence-electron chi connectivity index (χ2n) is 6.38. The van der Waals surface area contributed by atoms with Crippen molar-refractivity contribution in [2.24, 2.45) is 0 Å². The predicted octanol–water partition coefficient (Wildman–Crippen LogP) is 2.78. The summed E-state index contributed by atoms with van der Waals surface area (Å²) >= 11 is 0. The molecule has 1 aromatic rings. The van der Waals surface area contributed by atoms with E-state index in [1.165, 1.54) is 18.4 Å². The molecule has 3 nitrogen and oxygen atoms in total. The number of benzene rings is 1. The average molecular weight is 277 g/mol. The zero-order valence-corrected chi connectivity index (χ0v) is 13.1. The Bertz CT molecular complexity index is 450. The van der Waals surface area contributed by atoms with Crippen LogP contribution < -0.4 is 4.74 Å². The molecule has 20 heavy (non-hydrogen) atoms. The third-order valence-electron chi connectivity index (χ3n) is 4.59. The van der Waals surface area contributed by atoms with E-state index in [2.05, 4.69) is 31.7 Å². The lowest BCUT2D eigenvalue weighted by atomic mass is 9.89. The fourth-order valence-electron chi connectivity index (χ4n) is 3.03.